The lowest BCUT2D eigenvalue weighted by Crippen LogP contribution is -2.30. The first-order valence-electron chi connectivity index (χ1n) is 12.5. The molecule has 0 aliphatic heterocycles. The standard InChI is InChI=1S/C31H24Cl2N4O3S/c1-21-9-15-28(16-10-21)41(39,40)37(27-7-4-6-26(32)18-27)20-22-11-13-23(14-12-22)31(38)36-34-19-25-17-24-5-2-3-8-29(24)35-30(25)33/h2-19H,20H2,1H3,(H,36,38). The third kappa shape index (κ3) is 6.57. The van der Waals surface area contributed by atoms with E-state index in [9.17, 15) is 13.2 Å². The van der Waals surface area contributed by atoms with Gasteiger partial charge in [-0.2, -0.15) is 5.10 Å². The molecule has 206 valence electrons. The number of amides is 1. The summed E-state index contributed by atoms with van der Waals surface area (Å²) >= 11 is 12.4. The molecule has 0 fully saturated rings. The first kappa shape index (κ1) is 28.3. The van der Waals surface area contributed by atoms with E-state index >= 15 is 0 Å². The van der Waals surface area contributed by atoms with Crippen molar-refractivity contribution in [3.63, 3.8) is 0 Å². The molecule has 10 heteroatoms. The maximum atomic E-state index is 13.7. The van der Waals surface area contributed by atoms with Crippen LogP contribution in [0.15, 0.2) is 113 Å². The first-order valence-corrected chi connectivity index (χ1v) is 14.7. The lowest BCUT2D eigenvalue weighted by atomic mass is 10.1. The van der Waals surface area contributed by atoms with Crippen molar-refractivity contribution in [3.05, 3.63) is 136 Å². The highest BCUT2D eigenvalue weighted by Crippen LogP contribution is 2.28. The number of nitrogens with zero attached hydrogens (tertiary/aromatic N) is 3. The van der Waals surface area contributed by atoms with E-state index in [2.05, 4.69) is 15.5 Å². The number of aromatic nitrogens is 1. The molecule has 0 unspecified atom stereocenters. The summed E-state index contributed by atoms with van der Waals surface area (Å²) in [5, 5.41) is 5.62. The predicted molar refractivity (Wildman–Crippen MR) is 164 cm³/mol. The number of hydrogen-bond donors (Lipinski definition) is 1. The molecular weight excluding hydrogens is 579 g/mol. The summed E-state index contributed by atoms with van der Waals surface area (Å²) in [6.45, 7) is 1.92. The lowest BCUT2D eigenvalue weighted by molar-refractivity contribution is 0.0955. The van der Waals surface area contributed by atoms with E-state index in [0.717, 1.165) is 16.5 Å². The van der Waals surface area contributed by atoms with Crippen LogP contribution in [0.1, 0.15) is 27.0 Å². The van der Waals surface area contributed by atoms with Crippen molar-refractivity contribution >= 4 is 61.9 Å². The average molecular weight is 604 g/mol. The topological polar surface area (TPSA) is 91.7 Å². The highest BCUT2D eigenvalue weighted by atomic mass is 35.5. The molecule has 0 radical (unpaired) electrons. The smallest absolute Gasteiger partial charge is 0.267 e. The Balaban J connectivity index is 1.33. The monoisotopic (exact) mass is 602 g/mol. The van der Waals surface area contributed by atoms with Gasteiger partial charge in [0, 0.05) is 21.5 Å². The summed E-state index contributed by atoms with van der Waals surface area (Å²) in [6, 6.07) is 29.3. The van der Waals surface area contributed by atoms with Gasteiger partial charge in [0.25, 0.3) is 15.9 Å². The Bertz CT molecular complexity index is 1860. The van der Waals surface area contributed by atoms with Crippen molar-refractivity contribution in [2.45, 2.75) is 18.4 Å². The molecule has 0 atom stereocenters. The molecule has 0 saturated heterocycles. The fraction of sp³-hybridized carbons (Fsp3) is 0.0645. The Kier molecular flexibility index (Phi) is 8.35. The van der Waals surface area contributed by atoms with Gasteiger partial charge in [0.15, 0.2) is 0 Å². The van der Waals surface area contributed by atoms with E-state index in [4.69, 9.17) is 23.2 Å². The number of para-hydroxylation sites is 1. The van der Waals surface area contributed by atoms with Crippen LogP contribution in [0.4, 0.5) is 5.69 Å². The molecule has 4 aromatic carbocycles. The Morgan fingerprint density at radius 1 is 0.927 bits per heavy atom. The summed E-state index contributed by atoms with van der Waals surface area (Å²) < 4.78 is 28.6. The van der Waals surface area contributed by atoms with Crippen LogP contribution in [0.25, 0.3) is 10.9 Å². The van der Waals surface area contributed by atoms with E-state index < -0.39 is 15.9 Å². The van der Waals surface area contributed by atoms with Gasteiger partial charge in [-0.3, -0.25) is 9.10 Å². The second kappa shape index (κ2) is 12.1. The van der Waals surface area contributed by atoms with E-state index in [1.807, 2.05) is 37.3 Å². The number of aryl methyl sites for hydroxylation is 1. The van der Waals surface area contributed by atoms with Gasteiger partial charge < -0.3 is 0 Å². The minimum atomic E-state index is -3.91. The van der Waals surface area contributed by atoms with Crippen LogP contribution in [0.3, 0.4) is 0 Å². The van der Waals surface area contributed by atoms with E-state index in [1.165, 1.54) is 10.5 Å². The van der Waals surface area contributed by atoms with E-state index in [-0.39, 0.29) is 16.6 Å². The van der Waals surface area contributed by atoms with Crippen LogP contribution in [0.2, 0.25) is 10.2 Å². The Morgan fingerprint density at radius 3 is 2.39 bits per heavy atom. The van der Waals surface area contributed by atoms with Crippen molar-refractivity contribution < 1.29 is 13.2 Å². The molecule has 41 heavy (non-hydrogen) atoms. The molecule has 1 heterocycles. The maximum absolute atomic E-state index is 13.7. The lowest BCUT2D eigenvalue weighted by Gasteiger charge is -2.25. The normalized spacial score (nSPS) is 11.6. The third-order valence-electron chi connectivity index (χ3n) is 6.32. The van der Waals surface area contributed by atoms with Crippen LogP contribution in [0, 0.1) is 6.92 Å². The van der Waals surface area contributed by atoms with Crippen molar-refractivity contribution in [2.24, 2.45) is 5.10 Å². The number of benzene rings is 4. The van der Waals surface area contributed by atoms with Crippen LogP contribution in [0.5, 0.6) is 0 Å². The molecule has 1 N–H and O–H groups in total. The number of hydrazone groups is 1. The summed E-state index contributed by atoms with van der Waals surface area (Å²) in [4.78, 5) is 17.2. The van der Waals surface area contributed by atoms with Gasteiger partial charge in [-0.1, -0.05) is 77.3 Å². The van der Waals surface area contributed by atoms with Crippen LogP contribution >= 0.6 is 23.2 Å². The van der Waals surface area contributed by atoms with Crippen molar-refractivity contribution in [2.75, 3.05) is 4.31 Å². The molecule has 0 aliphatic carbocycles. The third-order valence-corrected chi connectivity index (χ3v) is 8.65. The Morgan fingerprint density at radius 2 is 1.66 bits per heavy atom. The number of halogens is 2. The minimum Gasteiger partial charge on any atom is -0.267 e. The van der Waals surface area contributed by atoms with Gasteiger partial charge in [-0.25, -0.2) is 18.8 Å². The van der Waals surface area contributed by atoms with Crippen molar-refractivity contribution in [1.29, 1.82) is 0 Å². The van der Waals surface area contributed by atoms with Gasteiger partial charge in [0.1, 0.15) is 5.15 Å². The summed E-state index contributed by atoms with van der Waals surface area (Å²) in [5.41, 5.74) is 6.22. The first-order chi connectivity index (χ1) is 19.7. The molecular formula is C31H24Cl2N4O3S. The number of rotatable bonds is 8. The number of fused-ring (bicyclic) bond motifs is 1. The molecule has 5 aromatic rings. The highest BCUT2D eigenvalue weighted by molar-refractivity contribution is 7.92. The number of anilines is 1. The average Bonchev–Trinajstić information content (AvgIpc) is 2.96. The van der Waals surface area contributed by atoms with Gasteiger partial charge in [0.05, 0.1) is 28.9 Å². The van der Waals surface area contributed by atoms with Gasteiger partial charge in [-0.05, 0) is 67.1 Å². The van der Waals surface area contributed by atoms with Gasteiger partial charge in [-0.15, -0.1) is 0 Å². The number of sulfonamides is 1. The van der Waals surface area contributed by atoms with Crippen molar-refractivity contribution in [1.82, 2.24) is 10.4 Å². The number of hydrogen-bond acceptors (Lipinski definition) is 5. The van der Waals surface area contributed by atoms with Crippen molar-refractivity contribution in [3.8, 4) is 0 Å². The molecule has 0 spiro atoms. The van der Waals surface area contributed by atoms with Gasteiger partial charge in [0.2, 0.25) is 0 Å². The zero-order valence-electron chi connectivity index (χ0n) is 21.8. The zero-order valence-corrected chi connectivity index (χ0v) is 24.2. The number of carbonyl (C=O) groups excluding carboxylic acids is 1. The molecule has 7 nitrogen and oxygen atoms in total. The molecule has 1 amide bonds. The minimum absolute atomic E-state index is 0.0318. The fourth-order valence-electron chi connectivity index (χ4n) is 4.14. The predicted octanol–water partition coefficient (Wildman–Crippen LogP) is 7.01. The molecule has 0 aliphatic rings. The summed E-state index contributed by atoms with van der Waals surface area (Å²) in [5.74, 6) is -0.434. The molecule has 0 bridgehead atoms. The molecule has 1 aromatic heterocycles. The largest absolute Gasteiger partial charge is 0.271 e. The number of pyridine rings is 1. The summed E-state index contributed by atoms with van der Waals surface area (Å²) in [7, 11) is -3.91. The maximum Gasteiger partial charge on any atom is 0.271 e. The fourth-order valence-corrected chi connectivity index (χ4v) is 5.96. The second-order valence-electron chi connectivity index (χ2n) is 9.26. The van der Waals surface area contributed by atoms with E-state index in [1.54, 1.807) is 72.8 Å². The Labute approximate surface area is 248 Å². The zero-order chi connectivity index (χ0) is 29.0. The second-order valence-corrected chi connectivity index (χ2v) is 11.9. The highest BCUT2D eigenvalue weighted by Gasteiger charge is 2.25. The number of nitrogens with one attached hydrogen (secondary N) is 1. The van der Waals surface area contributed by atoms with Crippen LogP contribution < -0.4 is 9.73 Å². The molecule has 5 rings (SSSR count). The van der Waals surface area contributed by atoms with E-state index in [0.29, 0.717) is 27.4 Å². The number of carbonyl (C=O) groups is 1. The van der Waals surface area contributed by atoms with Crippen LogP contribution in [-0.4, -0.2) is 25.5 Å². The Hall–Kier alpha value is -4.24. The quantitative estimate of drug-likeness (QED) is 0.117. The summed E-state index contributed by atoms with van der Waals surface area (Å²) in [6.07, 6.45) is 1.44. The van der Waals surface area contributed by atoms with Gasteiger partial charge >= 0.3 is 0 Å². The molecule has 0 saturated carbocycles. The SMILES string of the molecule is Cc1ccc(S(=O)(=O)N(Cc2ccc(C(=O)NN=Cc3cc4ccccc4nc3Cl)cc2)c2cccc(Cl)c2)cc1. The van der Waals surface area contributed by atoms with Crippen LogP contribution in [-0.2, 0) is 16.6 Å².